The maximum Gasteiger partial charge on any atom is 0.323 e. The number of nitrogens with zero attached hydrogens (tertiary/aromatic N) is 1. The molecular weight excluding hydrogens is 368 g/mol. The van der Waals surface area contributed by atoms with Crippen molar-refractivity contribution < 1.29 is 14.7 Å². The van der Waals surface area contributed by atoms with Gasteiger partial charge in [0.25, 0.3) is 5.91 Å². The number of rotatable bonds is 5. The number of carbonyl (C=O) groups excluding carboxylic acids is 1. The van der Waals surface area contributed by atoms with E-state index in [1.807, 2.05) is 29.5 Å². The first-order valence-corrected chi connectivity index (χ1v) is 6.87. The monoisotopic (exact) mass is 381 g/mol. The number of carboxylic acid groups (broad SMARTS) is 1. The van der Waals surface area contributed by atoms with Crippen LogP contribution in [0.4, 0.5) is 0 Å². The lowest BCUT2D eigenvalue weighted by Gasteiger charge is -2.20. The number of hydrogen-bond acceptors (Lipinski definition) is 2. The van der Waals surface area contributed by atoms with Crippen molar-refractivity contribution >= 4 is 46.1 Å². The minimum Gasteiger partial charge on any atom is -0.480 e. The van der Waals surface area contributed by atoms with Gasteiger partial charge in [-0.1, -0.05) is 18.5 Å². The highest BCUT2D eigenvalue weighted by atomic mass is 127. The van der Waals surface area contributed by atoms with Gasteiger partial charge in [0.1, 0.15) is 6.54 Å². The molecule has 0 aromatic heterocycles. The fourth-order valence-corrected chi connectivity index (χ4v) is 2.13. The molecule has 0 fully saturated rings. The largest absolute Gasteiger partial charge is 0.480 e. The first-order chi connectivity index (χ1) is 8.45. The van der Waals surface area contributed by atoms with Gasteiger partial charge in [0, 0.05) is 15.7 Å². The third-order valence-corrected chi connectivity index (χ3v) is 3.81. The smallest absolute Gasteiger partial charge is 0.323 e. The van der Waals surface area contributed by atoms with E-state index in [9.17, 15) is 9.59 Å². The van der Waals surface area contributed by atoms with Crippen LogP contribution < -0.4 is 0 Å². The van der Waals surface area contributed by atoms with Gasteiger partial charge in [0.05, 0.1) is 5.02 Å². The van der Waals surface area contributed by atoms with Crippen LogP contribution >= 0.6 is 34.2 Å². The summed E-state index contributed by atoms with van der Waals surface area (Å²) in [6.45, 7) is 2.03. The van der Waals surface area contributed by atoms with Crippen LogP contribution in [0.15, 0.2) is 18.2 Å². The second kappa shape index (κ2) is 6.94. The number of carboxylic acids is 1. The first kappa shape index (κ1) is 15.2. The van der Waals surface area contributed by atoms with Gasteiger partial charge in [-0.3, -0.25) is 9.59 Å². The molecule has 0 saturated carbocycles. The normalized spacial score (nSPS) is 10.2. The second-order valence-electron chi connectivity index (χ2n) is 3.75. The fourth-order valence-electron chi connectivity index (χ4n) is 1.50. The summed E-state index contributed by atoms with van der Waals surface area (Å²) >= 11 is 7.92. The van der Waals surface area contributed by atoms with Crippen LogP contribution in [-0.4, -0.2) is 35.0 Å². The highest BCUT2D eigenvalue weighted by Gasteiger charge is 2.18. The zero-order valence-corrected chi connectivity index (χ0v) is 12.7. The zero-order valence-electron chi connectivity index (χ0n) is 9.82. The van der Waals surface area contributed by atoms with Gasteiger partial charge in [0.15, 0.2) is 0 Å². The predicted octanol–water partition coefficient (Wildman–Crippen LogP) is 2.88. The molecular formula is C12H13ClINO3. The number of amides is 1. The van der Waals surface area contributed by atoms with E-state index in [1.54, 1.807) is 18.2 Å². The van der Waals surface area contributed by atoms with Crippen molar-refractivity contribution in [1.29, 1.82) is 0 Å². The number of aliphatic carboxylic acids is 1. The van der Waals surface area contributed by atoms with Crippen molar-refractivity contribution in [3.05, 3.63) is 32.4 Å². The van der Waals surface area contributed by atoms with Gasteiger partial charge in [-0.15, -0.1) is 0 Å². The summed E-state index contributed by atoms with van der Waals surface area (Å²) in [4.78, 5) is 24.2. The molecule has 0 aliphatic carbocycles. The SMILES string of the molecule is CCCN(CC(=O)O)C(=O)c1ccc(Cl)c(I)c1. The Kier molecular flexibility index (Phi) is 5.87. The van der Waals surface area contributed by atoms with Crippen LogP contribution in [0, 0.1) is 3.57 Å². The molecule has 0 spiro atoms. The van der Waals surface area contributed by atoms with Gasteiger partial charge >= 0.3 is 5.97 Å². The molecule has 6 heteroatoms. The molecule has 0 heterocycles. The van der Waals surface area contributed by atoms with E-state index >= 15 is 0 Å². The highest BCUT2D eigenvalue weighted by molar-refractivity contribution is 14.1. The molecule has 0 radical (unpaired) electrons. The Morgan fingerprint density at radius 1 is 1.44 bits per heavy atom. The third kappa shape index (κ3) is 4.13. The molecule has 0 unspecified atom stereocenters. The van der Waals surface area contributed by atoms with Crippen molar-refractivity contribution in [2.45, 2.75) is 13.3 Å². The molecule has 1 amide bonds. The Morgan fingerprint density at radius 3 is 2.61 bits per heavy atom. The Hall–Kier alpha value is -0.820. The average molecular weight is 382 g/mol. The Bertz CT molecular complexity index is 465. The predicted molar refractivity (Wildman–Crippen MR) is 78.0 cm³/mol. The molecule has 98 valence electrons. The van der Waals surface area contributed by atoms with Crippen LogP contribution in [-0.2, 0) is 4.79 Å². The third-order valence-electron chi connectivity index (χ3n) is 2.27. The maximum absolute atomic E-state index is 12.1. The minimum absolute atomic E-state index is 0.283. The van der Waals surface area contributed by atoms with Crippen molar-refractivity contribution in [2.24, 2.45) is 0 Å². The Morgan fingerprint density at radius 2 is 2.11 bits per heavy atom. The lowest BCUT2D eigenvalue weighted by Crippen LogP contribution is -2.36. The number of halogens is 2. The molecule has 1 aromatic rings. The van der Waals surface area contributed by atoms with E-state index in [4.69, 9.17) is 16.7 Å². The van der Waals surface area contributed by atoms with E-state index in [-0.39, 0.29) is 12.5 Å². The molecule has 4 nitrogen and oxygen atoms in total. The van der Waals surface area contributed by atoms with Crippen LogP contribution in [0.2, 0.25) is 5.02 Å². The van der Waals surface area contributed by atoms with E-state index < -0.39 is 5.97 Å². The van der Waals surface area contributed by atoms with Crippen molar-refractivity contribution in [3.8, 4) is 0 Å². The fraction of sp³-hybridized carbons (Fsp3) is 0.333. The number of benzene rings is 1. The highest BCUT2D eigenvalue weighted by Crippen LogP contribution is 2.20. The maximum atomic E-state index is 12.1. The summed E-state index contributed by atoms with van der Waals surface area (Å²) in [6.07, 6.45) is 0.712. The molecule has 1 aromatic carbocycles. The molecule has 0 aliphatic heterocycles. The van der Waals surface area contributed by atoms with Gasteiger partial charge < -0.3 is 10.0 Å². The van der Waals surface area contributed by atoms with Crippen LogP contribution in [0.25, 0.3) is 0 Å². The summed E-state index contributed by atoms with van der Waals surface area (Å²) in [6, 6.07) is 4.91. The van der Waals surface area contributed by atoms with Crippen molar-refractivity contribution in [3.63, 3.8) is 0 Å². The summed E-state index contributed by atoms with van der Waals surface area (Å²) in [7, 11) is 0. The molecule has 0 bridgehead atoms. The van der Waals surface area contributed by atoms with Crippen molar-refractivity contribution in [2.75, 3.05) is 13.1 Å². The molecule has 0 atom stereocenters. The number of hydrogen-bond donors (Lipinski definition) is 1. The van der Waals surface area contributed by atoms with E-state index in [0.29, 0.717) is 23.6 Å². The standard InChI is InChI=1S/C12H13ClINO3/c1-2-5-15(7-11(16)17)12(18)8-3-4-9(13)10(14)6-8/h3-4,6H,2,5,7H2,1H3,(H,16,17). The quantitative estimate of drug-likeness (QED) is 0.798. The zero-order chi connectivity index (χ0) is 13.7. The molecule has 1 N–H and O–H groups in total. The Balaban J connectivity index is 2.93. The summed E-state index contributed by atoms with van der Waals surface area (Å²) < 4.78 is 0.770. The second-order valence-corrected chi connectivity index (χ2v) is 5.32. The lowest BCUT2D eigenvalue weighted by atomic mass is 10.2. The van der Waals surface area contributed by atoms with Crippen LogP contribution in [0.1, 0.15) is 23.7 Å². The summed E-state index contributed by atoms with van der Waals surface area (Å²) in [5.74, 6) is -1.30. The van der Waals surface area contributed by atoms with Crippen LogP contribution in [0.3, 0.4) is 0 Å². The topological polar surface area (TPSA) is 57.6 Å². The van der Waals surface area contributed by atoms with Crippen LogP contribution in [0.5, 0.6) is 0 Å². The van der Waals surface area contributed by atoms with Crippen molar-refractivity contribution in [1.82, 2.24) is 4.90 Å². The molecule has 1 rings (SSSR count). The van der Waals surface area contributed by atoms with Gasteiger partial charge in [-0.2, -0.15) is 0 Å². The van der Waals surface area contributed by atoms with E-state index in [1.165, 1.54) is 4.90 Å². The minimum atomic E-state index is -1.01. The van der Waals surface area contributed by atoms with Gasteiger partial charge in [-0.25, -0.2) is 0 Å². The average Bonchev–Trinajstić information content (AvgIpc) is 2.31. The van der Waals surface area contributed by atoms with E-state index in [0.717, 1.165) is 3.57 Å². The Labute approximate surface area is 124 Å². The lowest BCUT2D eigenvalue weighted by molar-refractivity contribution is -0.137. The molecule has 0 aliphatic rings. The molecule has 0 saturated heterocycles. The van der Waals surface area contributed by atoms with Gasteiger partial charge in [-0.05, 0) is 47.2 Å². The van der Waals surface area contributed by atoms with Gasteiger partial charge in [0.2, 0.25) is 0 Å². The summed E-state index contributed by atoms with van der Waals surface area (Å²) in [5.41, 5.74) is 0.457. The summed E-state index contributed by atoms with van der Waals surface area (Å²) in [5, 5.41) is 9.36. The first-order valence-electron chi connectivity index (χ1n) is 5.41. The number of carbonyl (C=O) groups is 2. The van der Waals surface area contributed by atoms with E-state index in [2.05, 4.69) is 0 Å². The molecule has 18 heavy (non-hydrogen) atoms.